The summed E-state index contributed by atoms with van der Waals surface area (Å²) in [6, 6.07) is 10.9. The molecule has 1 heterocycles. The molecule has 20 heavy (non-hydrogen) atoms. The minimum absolute atomic E-state index is 0.335. The predicted molar refractivity (Wildman–Crippen MR) is 83.6 cm³/mol. The van der Waals surface area contributed by atoms with E-state index in [2.05, 4.69) is 55.4 Å². The molecule has 0 amide bonds. The maximum absolute atomic E-state index is 10.9. The fourth-order valence-corrected chi connectivity index (χ4v) is 3.13. The van der Waals surface area contributed by atoms with Gasteiger partial charge in [-0.15, -0.1) is 0 Å². The minimum Gasteiger partial charge on any atom is -0.389 e. The van der Waals surface area contributed by atoms with Crippen LogP contribution in [0.4, 0.5) is 0 Å². The molecular weight excluding hydrogens is 248 g/mol. The third-order valence-corrected chi connectivity index (χ3v) is 4.79. The van der Waals surface area contributed by atoms with Crippen molar-refractivity contribution in [2.24, 2.45) is 5.92 Å². The molecule has 0 aliphatic carbocycles. The lowest BCUT2D eigenvalue weighted by Gasteiger charge is -2.46. The number of rotatable bonds is 5. The van der Waals surface area contributed by atoms with E-state index in [4.69, 9.17) is 0 Å². The van der Waals surface area contributed by atoms with Gasteiger partial charge in [0, 0.05) is 19.1 Å². The molecule has 1 aromatic carbocycles. The maximum atomic E-state index is 10.9. The first-order valence-corrected chi connectivity index (χ1v) is 7.68. The highest BCUT2D eigenvalue weighted by Gasteiger charge is 2.40. The second kappa shape index (κ2) is 6.70. The van der Waals surface area contributed by atoms with Crippen LogP contribution in [0.15, 0.2) is 30.3 Å². The fourth-order valence-electron chi connectivity index (χ4n) is 3.13. The van der Waals surface area contributed by atoms with Gasteiger partial charge < -0.3 is 15.3 Å². The van der Waals surface area contributed by atoms with E-state index in [1.807, 2.05) is 6.07 Å². The van der Waals surface area contributed by atoms with Crippen LogP contribution in [0.3, 0.4) is 0 Å². The molecule has 1 saturated heterocycles. The van der Waals surface area contributed by atoms with Crippen LogP contribution in [0, 0.1) is 5.92 Å². The van der Waals surface area contributed by atoms with Gasteiger partial charge in [0.25, 0.3) is 0 Å². The summed E-state index contributed by atoms with van der Waals surface area (Å²) < 4.78 is 0. The van der Waals surface area contributed by atoms with Crippen LogP contribution >= 0.6 is 0 Å². The Bertz CT molecular complexity index is 409. The Morgan fingerprint density at radius 2 is 2.00 bits per heavy atom. The summed E-state index contributed by atoms with van der Waals surface area (Å²) in [5.74, 6) is 0.335. The number of hydrogen-bond donors (Lipinski definition) is 2. The first kappa shape index (κ1) is 15.5. The first-order valence-electron chi connectivity index (χ1n) is 7.68. The number of piperidine rings is 1. The van der Waals surface area contributed by atoms with Gasteiger partial charge in [-0.05, 0) is 44.8 Å². The van der Waals surface area contributed by atoms with Gasteiger partial charge >= 0.3 is 0 Å². The molecule has 0 radical (unpaired) electrons. The van der Waals surface area contributed by atoms with Crippen molar-refractivity contribution in [3.63, 3.8) is 0 Å². The smallest absolute Gasteiger partial charge is 0.0712 e. The van der Waals surface area contributed by atoms with E-state index in [9.17, 15) is 5.11 Å². The topological polar surface area (TPSA) is 35.5 Å². The van der Waals surface area contributed by atoms with Crippen LogP contribution < -0.4 is 5.32 Å². The van der Waals surface area contributed by atoms with Crippen LogP contribution in [-0.2, 0) is 6.54 Å². The lowest BCUT2D eigenvalue weighted by atomic mass is 9.77. The fraction of sp³-hybridized carbons (Fsp3) is 0.647. The number of nitrogens with zero attached hydrogens (tertiary/aromatic N) is 1. The molecule has 1 aromatic rings. The van der Waals surface area contributed by atoms with Crippen molar-refractivity contribution < 1.29 is 5.11 Å². The molecule has 0 spiro atoms. The van der Waals surface area contributed by atoms with Gasteiger partial charge in [-0.2, -0.15) is 0 Å². The van der Waals surface area contributed by atoms with Crippen molar-refractivity contribution in [1.82, 2.24) is 10.2 Å². The molecule has 0 bridgehead atoms. The summed E-state index contributed by atoms with van der Waals surface area (Å²) in [4.78, 5) is 2.34. The van der Waals surface area contributed by atoms with Crippen molar-refractivity contribution in [2.75, 3.05) is 20.1 Å². The van der Waals surface area contributed by atoms with E-state index in [1.54, 1.807) is 0 Å². The Balaban J connectivity index is 1.78. The summed E-state index contributed by atoms with van der Waals surface area (Å²) in [6.07, 6.45) is 1.71. The standard InChI is InChI=1S/C17H28N2O/c1-14-13-19(3)15(2)11-17(14,20)9-10-18-12-16-7-5-4-6-8-16/h4-8,14-15,18,20H,9-13H2,1-3H3/t14-,15+,17-/m1/s1. The lowest BCUT2D eigenvalue weighted by Crippen LogP contribution is -2.54. The Labute approximate surface area is 123 Å². The van der Waals surface area contributed by atoms with E-state index in [1.165, 1.54) is 5.56 Å². The van der Waals surface area contributed by atoms with E-state index in [0.29, 0.717) is 12.0 Å². The highest BCUT2D eigenvalue weighted by atomic mass is 16.3. The zero-order valence-electron chi connectivity index (χ0n) is 13.0. The van der Waals surface area contributed by atoms with E-state index < -0.39 is 5.60 Å². The van der Waals surface area contributed by atoms with E-state index in [0.717, 1.165) is 32.5 Å². The van der Waals surface area contributed by atoms with Gasteiger partial charge in [0.2, 0.25) is 0 Å². The van der Waals surface area contributed by atoms with Gasteiger partial charge in [0.15, 0.2) is 0 Å². The number of aliphatic hydroxyl groups is 1. The highest BCUT2D eigenvalue weighted by molar-refractivity contribution is 5.14. The van der Waals surface area contributed by atoms with Crippen LogP contribution in [0.1, 0.15) is 32.3 Å². The van der Waals surface area contributed by atoms with Crippen molar-refractivity contribution >= 4 is 0 Å². The summed E-state index contributed by atoms with van der Waals surface area (Å²) in [5.41, 5.74) is 0.777. The Morgan fingerprint density at radius 3 is 2.70 bits per heavy atom. The van der Waals surface area contributed by atoms with E-state index in [-0.39, 0.29) is 0 Å². The van der Waals surface area contributed by atoms with E-state index >= 15 is 0 Å². The normalized spacial score (nSPS) is 31.4. The molecule has 1 aliphatic heterocycles. The largest absolute Gasteiger partial charge is 0.389 e. The average Bonchev–Trinajstić information content (AvgIpc) is 2.43. The third kappa shape index (κ3) is 3.81. The number of benzene rings is 1. The lowest BCUT2D eigenvalue weighted by molar-refractivity contribution is -0.0831. The van der Waals surface area contributed by atoms with Gasteiger partial charge in [0.1, 0.15) is 0 Å². The van der Waals surface area contributed by atoms with Crippen molar-refractivity contribution in [2.45, 2.75) is 44.9 Å². The first-order chi connectivity index (χ1) is 9.51. The molecule has 2 rings (SSSR count). The highest BCUT2D eigenvalue weighted by Crippen LogP contribution is 2.33. The summed E-state index contributed by atoms with van der Waals surface area (Å²) in [7, 11) is 2.15. The quantitative estimate of drug-likeness (QED) is 0.810. The van der Waals surface area contributed by atoms with Gasteiger partial charge in [-0.3, -0.25) is 0 Å². The molecule has 1 aliphatic rings. The average molecular weight is 276 g/mol. The summed E-state index contributed by atoms with van der Waals surface area (Å²) >= 11 is 0. The third-order valence-electron chi connectivity index (χ3n) is 4.79. The second-order valence-corrected chi connectivity index (χ2v) is 6.41. The van der Waals surface area contributed by atoms with Crippen molar-refractivity contribution in [3.05, 3.63) is 35.9 Å². The Hall–Kier alpha value is -0.900. The van der Waals surface area contributed by atoms with Crippen molar-refractivity contribution in [3.8, 4) is 0 Å². The molecule has 1 fully saturated rings. The molecule has 3 nitrogen and oxygen atoms in total. The van der Waals surface area contributed by atoms with Crippen LogP contribution in [0.5, 0.6) is 0 Å². The van der Waals surface area contributed by atoms with Gasteiger partial charge in [-0.25, -0.2) is 0 Å². The van der Waals surface area contributed by atoms with Crippen LogP contribution in [-0.4, -0.2) is 41.8 Å². The molecular formula is C17H28N2O. The van der Waals surface area contributed by atoms with Crippen LogP contribution in [0.25, 0.3) is 0 Å². The zero-order chi connectivity index (χ0) is 14.6. The monoisotopic (exact) mass is 276 g/mol. The molecule has 3 atom stereocenters. The van der Waals surface area contributed by atoms with Crippen LogP contribution in [0.2, 0.25) is 0 Å². The molecule has 0 aromatic heterocycles. The van der Waals surface area contributed by atoms with Gasteiger partial charge in [0.05, 0.1) is 5.60 Å². The summed E-state index contributed by atoms with van der Waals surface area (Å²) in [5, 5.41) is 14.3. The Kier molecular flexibility index (Phi) is 5.19. The Morgan fingerprint density at radius 1 is 1.30 bits per heavy atom. The number of likely N-dealkylation sites (tertiary alicyclic amines) is 1. The molecule has 0 saturated carbocycles. The van der Waals surface area contributed by atoms with Crippen molar-refractivity contribution in [1.29, 1.82) is 0 Å². The SMILES string of the molecule is C[C@@H]1CN(C)[C@@H](C)C[C@]1(O)CCNCc1ccccc1. The zero-order valence-corrected chi connectivity index (χ0v) is 13.0. The second-order valence-electron chi connectivity index (χ2n) is 6.41. The molecule has 112 valence electrons. The molecule has 3 heteroatoms. The molecule has 2 N–H and O–H groups in total. The van der Waals surface area contributed by atoms with Gasteiger partial charge in [-0.1, -0.05) is 37.3 Å². The maximum Gasteiger partial charge on any atom is 0.0712 e. The number of nitrogens with one attached hydrogen (secondary N) is 1. The number of hydrogen-bond acceptors (Lipinski definition) is 3. The minimum atomic E-state index is -0.518. The predicted octanol–water partition coefficient (Wildman–Crippen LogP) is 2.26. The summed E-state index contributed by atoms with van der Waals surface area (Å²) in [6.45, 7) is 7.09. The molecule has 0 unspecified atom stereocenters.